The Labute approximate surface area is 74.4 Å². The molecule has 0 fully saturated rings. The van der Waals surface area contributed by atoms with Crippen LogP contribution in [0.25, 0.3) is 6.08 Å². The molecule has 13 heavy (non-hydrogen) atoms. The van der Waals surface area contributed by atoms with Crippen molar-refractivity contribution < 1.29 is 9.21 Å². The van der Waals surface area contributed by atoms with Crippen LogP contribution in [0.15, 0.2) is 28.4 Å². The van der Waals surface area contributed by atoms with Gasteiger partial charge in [0.2, 0.25) is 0 Å². The maximum absolute atomic E-state index is 10.9. The minimum absolute atomic E-state index is 0.0996. The Hall–Kier alpha value is -2.06. The molecule has 0 saturated heterocycles. The SMILES string of the molecule is N#CC(=Cc1ccco1)C(=O)NN. The lowest BCUT2D eigenvalue weighted by atomic mass is 10.2. The number of hydrogen-bond acceptors (Lipinski definition) is 4. The average molecular weight is 177 g/mol. The van der Waals surface area contributed by atoms with Crippen LogP contribution in [-0.4, -0.2) is 5.91 Å². The molecule has 0 aromatic carbocycles. The summed E-state index contributed by atoms with van der Waals surface area (Å²) in [6, 6.07) is 4.98. The third-order valence-corrected chi connectivity index (χ3v) is 1.33. The van der Waals surface area contributed by atoms with Crippen molar-refractivity contribution in [1.82, 2.24) is 5.43 Å². The molecule has 0 aliphatic heterocycles. The molecule has 66 valence electrons. The lowest BCUT2D eigenvalue weighted by molar-refractivity contribution is -0.117. The smallest absolute Gasteiger partial charge is 0.275 e. The van der Waals surface area contributed by atoms with Gasteiger partial charge in [-0.3, -0.25) is 10.2 Å². The topological polar surface area (TPSA) is 92.0 Å². The van der Waals surface area contributed by atoms with E-state index >= 15 is 0 Å². The summed E-state index contributed by atoms with van der Waals surface area (Å²) in [5.74, 6) is 4.65. The van der Waals surface area contributed by atoms with Crippen LogP contribution in [-0.2, 0) is 4.79 Å². The zero-order valence-electron chi connectivity index (χ0n) is 6.65. The van der Waals surface area contributed by atoms with Crippen molar-refractivity contribution in [2.75, 3.05) is 0 Å². The van der Waals surface area contributed by atoms with Crippen molar-refractivity contribution in [2.24, 2.45) is 5.84 Å². The standard InChI is InChI=1S/C8H7N3O2/c9-5-6(8(12)11-10)4-7-2-1-3-13-7/h1-4H,10H2,(H,11,12). The second kappa shape index (κ2) is 4.09. The normalized spacial score (nSPS) is 10.6. The van der Waals surface area contributed by atoms with Gasteiger partial charge in [-0.2, -0.15) is 5.26 Å². The highest BCUT2D eigenvalue weighted by atomic mass is 16.3. The summed E-state index contributed by atoms with van der Waals surface area (Å²) in [5.41, 5.74) is 1.76. The number of carbonyl (C=O) groups is 1. The molecule has 1 amide bonds. The molecule has 5 nitrogen and oxygen atoms in total. The lowest BCUT2D eigenvalue weighted by Gasteiger charge is -1.93. The number of nitrogens with one attached hydrogen (secondary N) is 1. The Morgan fingerprint density at radius 3 is 3.00 bits per heavy atom. The molecular formula is C8H7N3O2. The summed E-state index contributed by atoms with van der Waals surface area (Å²) in [6.07, 6.45) is 2.75. The first-order valence-corrected chi connectivity index (χ1v) is 3.44. The van der Waals surface area contributed by atoms with E-state index in [9.17, 15) is 4.79 Å². The Balaban J connectivity index is 2.91. The van der Waals surface area contributed by atoms with Gasteiger partial charge in [0, 0.05) is 6.08 Å². The molecule has 0 atom stereocenters. The molecule has 0 bridgehead atoms. The van der Waals surface area contributed by atoms with Gasteiger partial charge in [0.15, 0.2) is 0 Å². The van der Waals surface area contributed by atoms with E-state index < -0.39 is 5.91 Å². The minimum Gasteiger partial charge on any atom is -0.465 e. The van der Waals surface area contributed by atoms with E-state index in [1.165, 1.54) is 12.3 Å². The van der Waals surface area contributed by atoms with Gasteiger partial charge in [-0.05, 0) is 12.1 Å². The number of nitrogens with zero attached hydrogens (tertiary/aromatic N) is 1. The maximum atomic E-state index is 10.9. The molecule has 0 saturated carbocycles. The van der Waals surface area contributed by atoms with E-state index in [1.807, 2.05) is 5.43 Å². The molecular weight excluding hydrogens is 170 g/mol. The third kappa shape index (κ3) is 2.18. The van der Waals surface area contributed by atoms with Crippen molar-refractivity contribution in [2.45, 2.75) is 0 Å². The predicted octanol–water partition coefficient (Wildman–Crippen LogP) is 0.176. The predicted molar refractivity (Wildman–Crippen MR) is 44.6 cm³/mol. The van der Waals surface area contributed by atoms with Crippen molar-refractivity contribution in [3.8, 4) is 6.07 Å². The van der Waals surface area contributed by atoms with Crippen molar-refractivity contribution in [3.05, 3.63) is 29.7 Å². The molecule has 1 aromatic heterocycles. The van der Waals surface area contributed by atoms with E-state index in [-0.39, 0.29) is 5.57 Å². The fraction of sp³-hybridized carbons (Fsp3) is 0. The summed E-state index contributed by atoms with van der Waals surface area (Å²) in [6.45, 7) is 0. The second-order valence-electron chi connectivity index (χ2n) is 2.16. The van der Waals surface area contributed by atoms with Gasteiger partial charge in [0.25, 0.3) is 5.91 Å². The maximum Gasteiger partial charge on any atom is 0.275 e. The van der Waals surface area contributed by atoms with Crippen molar-refractivity contribution in [3.63, 3.8) is 0 Å². The first-order chi connectivity index (χ1) is 6.27. The number of nitrogens with two attached hydrogens (primary N) is 1. The second-order valence-corrected chi connectivity index (χ2v) is 2.16. The third-order valence-electron chi connectivity index (χ3n) is 1.33. The van der Waals surface area contributed by atoms with Crippen LogP contribution in [0.3, 0.4) is 0 Å². The number of nitriles is 1. The zero-order chi connectivity index (χ0) is 9.68. The van der Waals surface area contributed by atoms with E-state index in [4.69, 9.17) is 15.5 Å². The highest BCUT2D eigenvalue weighted by Crippen LogP contribution is 2.06. The highest BCUT2D eigenvalue weighted by molar-refractivity contribution is 6.00. The number of carbonyl (C=O) groups excluding carboxylic acids is 1. The average Bonchev–Trinajstić information content (AvgIpc) is 2.65. The monoisotopic (exact) mass is 177 g/mol. The van der Waals surface area contributed by atoms with Crippen LogP contribution >= 0.6 is 0 Å². The van der Waals surface area contributed by atoms with E-state index in [1.54, 1.807) is 18.2 Å². The van der Waals surface area contributed by atoms with Crippen LogP contribution in [0.5, 0.6) is 0 Å². The fourth-order valence-corrected chi connectivity index (χ4v) is 0.742. The van der Waals surface area contributed by atoms with Crippen LogP contribution in [0, 0.1) is 11.3 Å². The van der Waals surface area contributed by atoms with Gasteiger partial charge in [0.1, 0.15) is 17.4 Å². The molecule has 1 aromatic rings. The van der Waals surface area contributed by atoms with Gasteiger partial charge >= 0.3 is 0 Å². The Bertz CT molecular complexity index is 359. The fourth-order valence-electron chi connectivity index (χ4n) is 0.742. The Morgan fingerprint density at radius 1 is 1.77 bits per heavy atom. The summed E-state index contributed by atoms with van der Waals surface area (Å²) in [4.78, 5) is 10.9. The Morgan fingerprint density at radius 2 is 2.54 bits per heavy atom. The van der Waals surface area contributed by atoms with Gasteiger partial charge < -0.3 is 4.42 Å². The first kappa shape index (κ1) is 9.03. The van der Waals surface area contributed by atoms with E-state index in [0.717, 1.165) is 0 Å². The van der Waals surface area contributed by atoms with Crippen molar-refractivity contribution >= 4 is 12.0 Å². The van der Waals surface area contributed by atoms with Gasteiger partial charge in [-0.25, -0.2) is 5.84 Å². The largest absolute Gasteiger partial charge is 0.465 e. The number of hydrogen-bond donors (Lipinski definition) is 2. The van der Waals surface area contributed by atoms with Crippen LogP contribution < -0.4 is 11.3 Å². The number of amides is 1. The molecule has 0 unspecified atom stereocenters. The summed E-state index contributed by atoms with van der Waals surface area (Å²) < 4.78 is 4.91. The van der Waals surface area contributed by atoms with E-state index in [0.29, 0.717) is 5.76 Å². The van der Waals surface area contributed by atoms with E-state index in [2.05, 4.69) is 0 Å². The van der Waals surface area contributed by atoms with Crippen molar-refractivity contribution in [1.29, 1.82) is 5.26 Å². The molecule has 1 rings (SSSR count). The molecule has 1 heterocycles. The first-order valence-electron chi connectivity index (χ1n) is 3.44. The zero-order valence-corrected chi connectivity index (χ0v) is 6.65. The molecule has 3 N–H and O–H groups in total. The van der Waals surface area contributed by atoms with Crippen LogP contribution in [0.2, 0.25) is 0 Å². The van der Waals surface area contributed by atoms with Crippen LogP contribution in [0.1, 0.15) is 5.76 Å². The van der Waals surface area contributed by atoms with Crippen LogP contribution in [0.4, 0.5) is 0 Å². The highest BCUT2D eigenvalue weighted by Gasteiger charge is 2.06. The summed E-state index contributed by atoms with van der Waals surface area (Å²) in [5, 5.41) is 8.55. The molecule has 0 spiro atoms. The summed E-state index contributed by atoms with van der Waals surface area (Å²) in [7, 11) is 0. The van der Waals surface area contributed by atoms with Gasteiger partial charge in [-0.1, -0.05) is 0 Å². The van der Waals surface area contributed by atoms with Gasteiger partial charge in [-0.15, -0.1) is 0 Å². The number of rotatable bonds is 2. The number of furan rings is 1. The minimum atomic E-state index is -0.640. The molecule has 0 aliphatic rings. The summed E-state index contributed by atoms with van der Waals surface area (Å²) >= 11 is 0. The quantitative estimate of drug-likeness (QED) is 0.221. The molecule has 5 heteroatoms. The van der Waals surface area contributed by atoms with Gasteiger partial charge in [0.05, 0.1) is 6.26 Å². The lowest BCUT2D eigenvalue weighted by Crippen LogP contribution is -2.30. The number of hydrazine groups is 1. The Kier molecular flexibility index (Phi) is 2.84. The molecule has 0 aliphatic carbocycles. The molecule has 0 radical (unpaired) electrons.